The summed E-state index contributed by atoms with van der Waals surface area (Å²) in [6.07, 6.45) is 0. The summed E-state index contributed by atoms with van der Waals surface area (Å²) < 4.78 is 5.95. The van der Waals surface area contributed by atoms with Crippen molar-refractivity contribution in [3.05, 3.63) is 40.5 Å². The summed E-state index contributed by atoms with van der Waals surface area (Å²) >= 11 is 3.19. The lowest BCUT2D eigenvalue weighted by Gasteiger charge is -2.04. The highest BCUT2D eigenvalue weighted by atomic mass is 79.9. The van der Waals surface area contributed by atoms with E-state index in [4.69, 9.17) is 15.7 Å². The molecule has 0 atom stereocenters. The lowest BCUT2D eigenvalue weighted by Crippen LogP contribution is -1.96. The van der Waals surface area contributed by atoms with Crippen LogP contribution in [0.15, 0.2) is 34.9 Å². The minimum absolute atomic E-state index is 0.154. The van der Waals surface area contributed by atoms with E-state index >= 15 is 0 Å². The molecule has 2 N–H and O–H groups in total. The van der Waals surface area contributed by atoms with Crippen LogP contribution < -0.4 is 10.5 Å². The van der Waals surface area contributed by atoms with Crippen LogP contribution in [0, 0.1) is 11.3 Å². The lowest BCUT2D eigenvalue weighted by atomic mass is 10.2. The molecule has 6 heteroatoms. The fraction of sp³-hybridized carbons (Fsp3) is 0. The number of hydrogen-bond donors (Lipinski definition) is 1. The number of benzene rings is 1. The maximum Gasteiger partial charge on any atom is 0.325 e. The Morgan fingerprint density at radius 3 is 2.53 bits per heavy atom. The molecular formula is C11H7BrN4O. The largest absolute Gasteiger partial charge is 0.424 e. The number of aromatic nitrogens is 2. The Labute approximate surface area is 106 Å². The first-order valence-corrected chi connectivity index (χ1v) is 5.45. The van der Waals surface area contributed by atoms with E-state index in [9.17, 15) is 0 Å². The van der Waals surface area contributed by atoms with Gasteiger partial charge in [0.05, 0.1) is 11.6 Å². The summed E-state index contributed by atoms with van der Waals surface area (Å²) in [5.41, 5.74) is 6.12. The minimum Gasteiger partial charge on any atom is -0.424 e. The van der Waals surface area contributed by atoms with E-state index < -0.39 is 0 Å². The van der Waals surface area contributed by atoms with Crippen LogP contribution in [0.5, 0.6) is 11.8 Å². The van der Waals surface area contributed by atoms with Crippen molar-refractivity contribution in [3.8, 4) is 17.8 Å². The maximum atomic E-state index is 8.65. The van der Waals surface area contributed by atoms with Crippen LogP contribution in [0.2, 0.25) is 0 Å². The molecule has 0 aliphatic carbocycles. The van der Waals surface area contributed by atoms with E-state index in [0.717, 1.165) is 0 Å². The summed E-state index contributed by atoms with van der Waals surface area (Å²) in [7, 11) is 0. The molecule has 1 aromatic heterocycles. The minimum atomic E-state index is 0.154. The fourth-order valence-corrected chi connectivity index (χ4v) is 1.55. The predicted octanol–water partition coefficient (Wildman–Crippen LogP) is 2.49. The van der Waals surface area contributed by atoms with Gasteiger partial charge in [0.2, 0.25) is 0 Å². The van der Waals surface area contributed by atoms with Gasteiger partial charge in [0.1, 0.15) is 16.2 Å². The Bertz CT molecular complexity index is 557. The molecule has 0 unspecified atom stereocenters. The molecule has 0 spiro atoms. The second kappa shape index (κ2) is 4.80. The smallest absolute Gasteiger partial charge is 0.325 e. The summed E-state index contributed by atoms with van der Waals surface area (Å²) in [4.78, 5) is 7.93. The van der Waals surface area contributed by atoms with Crippen molar-refractivity contribution in [1.29, 1.82) is 5.26 Å². The first-order valence-electron chi connectivity index (χ1n) is 4.65. The molecular weight excluding hydrogens is 284 g/mol. The van der Waals surface area contributed by atoms with Gasteiger partial charge in [-0.1, -0.05) is 0 Å². The summed E-state index contributed by atoms with van der Waals surface area (Å²) in [6, 6.07) is 10.4. The van der Waals surface area contributed by atoms with Crippen molar-refractivity contribution >= 4 is 21.7 Å². The SMILES string of the molecule is N#Cc1ccc(Oc2nc(N)cc(Br)n2)cc1. The van der Waals surface area contributed by atoms with Gasteiger partial charge in [-0.3, -0.25) is 0 Å². The van der Waals surface area contributed by atoms with Crippen molar-refractivity contribution < 1.29 is 4.74 Å². The number of nitrogens with zero attached hydrogens (tertiary/aromatic N) is 3. The van der Waals surface area contributed by atoms with E-state index in [1.54, 1.807) is 30.3 Å². The molecule has 0 saturated heterocycles. The predicted molar refractivity (Wildman–Crippen MR) is 65.4 cm³/mol. The van der Waals surface area contributed by atoms with Gasteiger partial charge in [-0.25, -0.2) is 0 Å². The molecule has 1 heterocycles. The third-order valence-electron chi connectivity index (χ3n) is 1.89. The highest BCUT2D eigenvalue weighted by molar-refractivity contribution is 9.10. The quantitative estimate of drug-likeness (QED) is 0.859. The molecule has 1 aromatic carbocycles. The number of rotatable bonds is 2. The first kappa shape index (κ1) is 11.4. The van der Waals surface area contributed by atoms with Crippen LogP contribution in [0.3, 0.4) is 0 Å². The zero-order chi connectivity index (χ0) is 12.3. The Hall–Kier alpha value is -2.13. The van der Waals surface area contributed by atoms with Gasteiger partial charge < -0.3 is 10.5 Å². The molecule has 2 rings (SSSR count). The second-order valence-corrected chi connectivity index (χ2v) is 3.95. The Morgan fingerprint density at radius 1 is 1.24 bits per heavy atom. The van der Waals surface area contributed by atoms with E-state index in [2.05, 4.69) is 25.9 Å². The molecule has 0 amide bonds. The van der Waals surface area contributed by atoms with Crippen molar-refractivity contribution in [1.82, 2.24) is 9.97 Å². The van der Waals surface area contributed by atoms with Crippen molar-refractivity contribution in [3.63, 3.8) is 0 Å². The number of anilines is 1. The molecule has 0 radical (unpaired) electrons. The Morgan fingerprint density at radius 2 is 1.94 bits per heavy atom. The van der Waals surface area contributed by atoms with Crippen LogP contribution in [-0.4, -0.2) is 9.97 Å². The number of halogens is 1. The van der Waals surface area contributed by atoms with E-state index in [1.165, 1.54) is 0 Å². The molecule has 0 fully saturated rings. The Balaban J connectivity index is 2.22. The van der Waals surface area contributed by atoms with Gasteiger partial charge in [-0.05, 0) is 40.2 Å². The van der Waals surface area contributed by atoms with Gasteiger partial charge in [-0.15, -0.1) is 0 Å². The molecule has 2 aromatic rings. The van der Waals surface area contributed by atoms with E-state index in [1.807, 2.05) is 6.07 Å². The van der Waals surface area contributed by atoms with E-state index in [-0.39, 0.29) is 6.01 Å². The van der Waals surface area contributed by atoms with Gasteiger partial charge in [0.25, 0.3) is 0 Å². The second-order valence-electron chi connectivity index (χ2n) is 3.14. The zero-order valence-electron chi connectivity index (χ0n) is 8.59. The van der Waals surface area contributed by atoms with E-state index in [0.29, 0.717) is 21.7 Å². The number of hydrogen-bond acceptors (Lipinski definition) is 5. The van der Waals surface area contributed by atoms with Crippen molar-refractivity contribution in [2.45, 2.75) is 0 Å². The molecule has 0 saturated carbocycles. The van der Waals surface area contributed by atoms with Crippen LogP contribution >= 0.6 is 15.9 Å². The van der Waals surface area contributed by atoms with Gasteiger partial charge in [0, 0.05) is 6.07 Å². The molecule has 0 aliphatic rings. The first-order chi connectivity index (χ1) is 8.17. The van der Waals surface area contributed by atoms with Crippen LogP contribution in [0.25, 0.3) is 0 Å². The number of nitrogen functional groups attached to an aromatic ring is 1. The van der Waals surface area contributed by atoms with Crippen molar-refractivity contribution in [2.24, 2.45) is 0 Å². The third-order valence-corrected chi connectivity index (χ3v) is 2.29. The van der Waals surface area contributed by atoms with Gasteiger partial charge in [-0.2, -0.15) is 15.2 Å². The summed E-state index contributed by atoms with van der Waals surface area (Å²) in [5.74, 6) is 0.858. The molecule has 17 heavy (non-hydrogen) atoms. The Kier molecular flexibility index (Phi) is 3.21. The number of ether oxygens (including phenoxy) is 1. The average Bonchev–Trinajstić information content (AvgIpc) is 2.28. The zero-order valence-corrected chi connectivity index (χ0v) is 10.2. The normalized spacial score (nSPS) is 9.65. The monoisotopic (exact) mass is 290 g/mol. The number of nitriles is 1. The van der Waals surface area contributed by atoms with Crippen LogP contribution in [-0.2, 0) is 0 Å². The summed E-state index contributed by atoms with van der Waals surface area (Å²) in [6.45, 7) is 0. The standard InChI is InChI=1S/C11H7BrN4O/c12-9-5-10(14)16-11(15-9)17-8-3-1-7(6-13)2-4-8/h1-5H,(H2,14,15,16). The average molecular weight is 291 g/mol. The van der Waals surface area contributed by atoms with Gasteiger partial charge >= 0.3 is 6.01 Å². The number of nitrogens with two attached hydrogens (primary N) is 1. The third kappa shape index (κ3) is 2.92. The van der Waals surface area contributed by atoms with Crippen molar-refractivity contribution in [2.75, 3.05) is 5.73 Å². The fourth-order valence-electron chi connectivity index (χ4n) is 1.16. The molecule has 84 valence electrons. The highest BCUT2D eigenvalue weighted by Gasteiger charge is 2.03. The topological polar surface area (TPSA) is 84.8 Å². The highest BCUT2D eigenvalue weighted by Crippen LogP contribution is 2.21. The maximum absolute atomic E-state index is 8.65. The molecule has 0 aliphatic heterocycles. The van der Waals surface area contributed by atoms with Crippen LogP contribution in [0.4, 0.5) is 5.82 Å². The lowest BCUT2D eigenvalue weighted by molar-refractivity contribution is 0.441. The summed E-state index contributed by atoms with van der Waals surface area (Å²) in [5, 5.41) is 8.65. The molecule has 5 nitrogen and oxygen atoms in total. The molecule has 0 bridgehead atoms. The van der Waals surface area contributed by atoms with Crippen LogP contribution in [0.1, 0.15) is 5.56 Å². The van der Waals surface area contributed by atoms with Gasteiger partial charge in [0.15, 0.2) is 0 Å².